The van der Waals surface area contributed by atoms with Gasteiger partial charge >= 0.3 is 5.97 Å². The molecular formula is C25H32N4O4. The summed E-state index contributed by atoms with van der Waals surface area (Å²) in [6.45, 7) is 6.07. The van der Waals surface area contributed by atoms with Gasteiger partial charge in [0.25, 0.3) is 6.23 Å². The number of ether oxygens (including phenoxy) is 1. The summed E-state index contributed by atoms with van der Waals surface area (Å²) in [5, 5.41) is 11.2. The van der Waals surface area contributed by atoms with Crippen LogP contribution in [0.15, 0.2) is 54.6 Å². The molecule has 33 heavy (non-hydrogen) atoms. The van der Waals surface area contributed by atoms with Gasteiger partial charge in [-0.25, -0.2) is 4.79 Å². The van der Waals surface area contributed by atoms with Crippen LogP contribution >= 0.6 is 0 Å². The number of carboxylic acid groups (broad SMARTS) is 1. The first-order chi connectivity index (χ1) is 16.1. The van der Waals surface area contributed by atoms with Crippen molar-refractivity contribution in [3.8, 4) is 5.75 Å². The van der Waals surface area contributed by atoms with Crippen molar-refractivity contribution in [2.24, 2.45) is 0 Å². The van der Waals surface area contributed by atoms with Crippen LogP contribution in [0.1, 0.15) is 24.8 Å². The zero-order chi connectivity index (χ0) is 23.0. The first-order valence-corrected chi connectivity index (χ1v) is 11.6. The van der Waals surface area contributed by atoms with E-state index in [0.29, 0.717) is 18.3 Å². The molecule has 8 heteroatoms. The van der Waals surface area contributed by atoms with E-state index in [9.17, 15) is 9.59 Å². The van der Waals surface area contributed by atoms with Crippen molar-refractivity contribution < 1.29 is 19.4 Å². The minimum absolute atomic E-state index is 0.319. The number of carbonyl (C=O) groups is 2. The summed E-state index contributed by atoms with van der Waals surface area (Å²) in [6, 6.07) is 18.1. The Morgan fingerprint density at radius 1 is 1.03 bits per heavy atom. The molecular weight excluding hydrogens is 420 g/mol. The fourth-order valence-corrected chi connectivity index (χ4v) is 4.76. The van der Waals surface area contributed by atoms with Gasteiger partial charge in [0.05, 0.1) is 6.17 Å². The van der Waals surface area contributed by atoms with Gasteiger partial charge in [0.15, 0.2) is 0 Å². The van der Waals surface area contributed by atoms with E-state index in [-0.39, 0.29) is 0 Å². The number of hydrogen-bond donors (Lipinski definition) is 2. The molecule has 2 saturated heterocycles. The lowest BCUT2D eigenvalue weighted by molar-refractivity contribution is -0.148. The van der Waals surface area contributed by atoms with Crippen LogP contribution in [0.3, 0.4) is 0 Å². The maximum absolute atomic E-state index is 11.1. The molecule has 4 rings (SSSR count). The molecule has 1 amide bonds. The minimum atomic E-state index is -1.40. The Morgan fingerprint density at radius 2 is 1.76 bits per heavy atom. The van der Waals surface area contributed by atoms with Gasteiger partial charge in [-0.3, -0.25) is 14.6 Å². The number of hydrogen-bond acceptors (Lipinski definition) is 6. The highest BCUT2D eigenvalue weighted by Gasteiger charge is 2.30. The normalized spacial score (nSPS) is 20.7. The molecule has 2 aliphatic rings. The fraction of sp³-hybridized carbons (Fsp3) is 0.440. The maximum atomic E-state index is 11.1. The summed E-state index contributed by atoms with van der Waals surface area (Å²) in [6.07, 6.45) is 3.19. The lowest BCUT2D eigenvalue weighted by Crippen LogP contribution is -2.57. The number of benzene rings is 2. The monoisotopic (exact) mass is 452 g/mol. The maximum Gasteiger partial charge on any atom is 0.366 e. The summed E-state index contributed by atoms with van der Waals surface area (Å²) >= 11 is 0. The molecule has 2 aromatic rings. The molecule has 2 unspecified atom stereocenters. The van der Waals surface area contributed by atoms with Gasteiger partial charge < -0.3 is 20.1 Å². The summed E-state index contributed by atoms with van der Waals surface area (Å²) in [5.74, 6) is -0.843. The molecule has 0 radical (unpaired) electrons. The first kappa shape index (κ1) is 23.1. The number of piperazine rings is 1. The minimum Gasteiger partial charge on any atom is -0.477 e. The van der Waals surface area contributed by atoms with Crippen molar-refractivity contribution in [1.29, 1.82) is 0 Å². The van der Waals surface area contributed by atoms with E-state index in [4.69, 9.17) is 9.84 Å². The SMILES string of the molecule is O=CNC(Oc1ccc(N2CCN(C3CCCCN3Cc3ccccc3)CC2)cc1)C(=O)O. The van der Waals surface area contributed by atoms with Crippen molar-refractivity contribution in [2.75, 3.05) is 37.6 Å². The van der Waals surface area contributed by atoms with E-state index in [1.54, 1.807) is 12.1 Å². The topological polar surface area (TPSA) is 85.4 Å². The second-order valence-electron chi connectivity index (χ2n) is 8.57. The summed E-state index contributed by atoms with van der Waals surface area (Å²) in [7, 11) is 0. The quantitative estimate of drug-likeness (QED) is 0.446. The van der Waals surface area contributed by atoms with E-state index in [1.165, 1.54) is 24.8 Å². The number of piperidine rings is 1. The zero-order valence-electron chi connectivity index (χ0n) is 18.8. The molecule has 8 nitrogen and oxygen atoms in total. The van der Waals surface area contributed by atoms with Gasteiger partial charge in [-0.15, -0.1) is 0 Å². The Balaban J connectivity index is 1.32. The van der Waals surface area contributed by atoms with Crippen LogP contribution < -0.4 is 15.0 Å². The molecule has 2 aliphatic heterocycles. The fourth-order valence-electron chi connectivity index (χ4n) is 4.76. The third kappa shape index (κ3) is 6.03. The third-order valence-corrected chi connectivity index (χ3v) is 6.44. The van der Waals surface area contributed by atoms with Crippen LogP contribution in [0.25, 0.3) is 0 Å². The van der Waals surface area contributed by atoms with E-state index in [2.05, 4.69) is 50.3 Å². The van der Waals surface area contributed by atoms with Crippen LogP contribution in [0, 0.1) is 0 Å². The van der Waals surface area contributed by atoms with Crippen LogP contribution in [0.4, 0.5) is 5.69 Å². The second kappa shape index (κ2) is 11.2. The van der Waals surface area contributed by atoms with E-state index >= 15 is 0 Å². The summed E-state index contributed by atoms with van der Waals surface area (Å²) in [4.78, 5) is 29.3. The smallest absolute Gasteiger partial charge is 0.366 e. The molecule has 2 atom stereocenters. The summed E-state index contributed by atoms with van der Waals surface area (Å²) in [5.41, 5.74) is 2.46. The van der Waals surface area contributed by atoms with Gasteiger partial charge in [0.1, 0.15) is 5.75 Å². The van der Waals surface area contributed by atoms with Crippen molar-refractivity contribution in [3.05, 3.63) is 60.2 Å². The highest BCUT2D eigenvalue weighted by Crippen LogP contribution is 2.26. The van der Waals surface area contributed by atoms with Gasteiger partial charge in [-0.05, 0) is 55.6 Å². The Morgan fingerprint density at radius 3 is 2.42 bits per heavy atom. The van der Waals surface area contributed by atoms with Gasteiger partial charge in [0.2, 0.25) is 6.41 Å². The molecule has 0 aromatic heterocycles. The number of likely N-dealkylation sites (tertiary alicyclic amines) is 1. The number of nitrogens with one attached hydrogen (secondary N) is 1. The largest absolute Gasteiger partial charge is 0.477 e. The van der Waals surface area contributed by atoms with E-state index in [0.717, 1.165) is 45.0 Å². The lowest BCUT2D eigenvalue weighted by atomic mass is 10.0. The standard InChI is InChI=1S/C25H32N4O4/c30-19-26-24(25(31)32)33-22-11-9-21(10-12-22)27-14-16-28(17-15-27)23-8-4-5-13-29(23)18-20-6-2-1-3-7-20/h1-3,6-7,9-12,19,23-24H,4-5,8,13-18H2,(H,26,30)(H,31,32). The third-order valence-electron chi connectivity index (χ3n) is 6.44. The Labute approximate surface area is 194 Å². The predicted molar refractivity (Wildman–Crippen MR) is 126 cm³/mol. The molecule has 0 saturated carbocycles. The molecule has 0 aliphatic carbocycles. The number of carbonyl (C=O) groups excluding carboxylic acids is 1. The highest BCUT2D eigenvalue weighted by molar-refractivity contribution is 5.75. The molecule has 2 fully saturated rings. The van der Waals surface area contributed by atoms with Gasteiger partial charge in [-0.1, -0.05) is 30.3 Å². The van der Waals surface area contributed by atoms with Crippen molar-refractivity contribution in [1.82, 2.24) is 15.1 Å². The van der Waals surface area contributed by atoms with Crippen LogP contribution in [-0.2, 0) is 16.1 Å². The van der Waals surface area contributed by atoms with Crippen molar-refractivity contribution >= 4 is 18.1 Å². The molecule has 0 spiro atoms. The van der Waals surface area contributed by atoms with E-state index < -0.39 is 12.2 Å². The average molecular weight is 453 g/mol. The zero-order valence-corrected chi connectivity index (χ0v) is 18.8. The number of amides is 1. The Bertz CT molecular complexity index is 900. The number of nitrogens with zero attached hydrogens (tertiary/aromatic N) is 3. The Kier molecular flexibility index (Phi) is 7.80. The molecule has 2 aromatic carbocycles. The summed E-state index contributed by atoms with van der Waals surface area (Å²) < 4.78 is 5.34. The number of carboxylic acids is 1. The number of aliphatic carboxylic acids is 1. The molecule has 0 bridgehead atoms. The van der Waals surface area contributed by atoms with Crippen LogP contribution in [0.5, 0.6) is 5.75 Å². The Hall–Kier alpha value is -3.10. The van der Waals surface area contributed by atoms with Crippen LogP contribution in [-0.4, -0.2) is 72.4 Å². The van der Waals surface area contributed by atoms with Gasteiger partial charge in [-0.2, -0.15) is 0 Å². The van der Waals surface area contributed by atoms with Crippen molar-refractivity contribution in [3.63, 3.8) is 0 Å². The number of anilines is 1. The van der Waals surface area contributed by atoms with E-state index in [1.807, 2.05) is 12.1 Å². The highest BCUT2D eigenvalue weighted by atomic mass is 16.5. The first-order valence-electron chi connectivity index (χ1n) is 11.6. The lowest BCUT2D eigenvalue weighted by Gasteiger charge is -2.46. The molecule has 2 N–H and O–H groups in total. The molecule has 2 heterocycles. The average Bonchev–Trinajstić information content (AvgIpc) is 2.85. The van der Waals surface area contributed by atoms with Crippen LogP contribution in [0.2, 0.25) is 0 Å². The second-order valence-corrected chi connectivity index (χ2v) is 8.57. The molecule has 176 valence electrons. The predicted octanol–water partition coefficient (Wildman–Crippen LogP) is 2.36. The van der Waals surface area contributed by atoms with Gasteiger partial charge in [0, 0.05) is 38.4 Å². The number of rotatable bonds is 9. The van der Waals surface area contributed by atoms with Crippen molar-refractivity contribution in [2.45, 2.75) is 38.2 Å².